The second kappa shape index (κ2) is 5.21. The van der Waals surface area contributed by atoms with Crippen LogP contribution < -0.4 is 0 Å². The summed E-state index contributed by atoms with van der Waals surface area (Å²) in [6.45, 7) is 6.05. The summed E-state index contributed by atoms with van der Waals surface area (Å²) < 4.78 is 0. The van der Waals surface area contributed by atoms with E-state index in [1.54, 1.807) is 0 Å². The lowest BCUT2D eigenvalue weighted by molar-refractivity contribution is -0.111. The van der Waals surface area contributed by atoms with Crippen molar-refractivity contribution in [2.24, 2.45) is 11.8 Å². The normalized spacial score (nSPS) is 17.1. The van der Waals surface area contributed by atoms with E-state index < -0.39 is 0 Å². The van der Waals surface area contributed by atoms with Crippen molar-refractivity contribution >= 4 is 6.29 Å². The van der Waals surface area contributed by atoms with Crippen LogP contribution in [0, 0.1) is 11.8 Å². The second-order valence-electron chi connectivity index (χ2n) is 2.59. The summed E-state index contributed by atoms with van der Waals surface area (Å²) in [4.78, 5) is 10.3. The van der Waals surface area contributed by atoms with Crippen LogP contribution in [0.1, 0.15) is 27.2 Å². The first-order valence-corrected chi connectivity index (χ1v) is 3.84. The zero-order valence-electron chi connectivity index (χ0n) is 7.00. The summed E-state index contributed by atoms with van der Waals surface area (Å²) in [7, 11) is 0. The number of carbonyl (C=O) groups is 1. The molecule has 0 aliphatic carbocycles. The summed E-state index contributed by atoms with van der Waals surface area (Å²) in [6, 6.07) is 0. The van der Waals surface area contributed by atoms with Crippen LogP contribution in [-0.4, -0.2) is 6.29 Å². The van der Waals surface area contributed by atoms with Gasteiger partial charge in [-0.2, -0.15) is 0 Å². The standard InChI is InChI=1S/C9H16O/c1-4-6-9(5-2)8(3)7-10/h4,6-9H,5H2,1-3H3/b6-4-. The SMILES string of the molecule is C/C=C\C(CC)C(C)C=O. The van der Waals surface area contributed by atoms with Gasteiger partial charge in [0, 0.05) is 5.92 Å². The molecule has 0 amide bonds. The lowest BCUT2D eigenvalue weighted by atomic mass is 9.93. The summed E-state index contributed by atoms with van der Waals surface area (Å²) >= 11 is 0. The van der Waals surface area contributed by atoms with Crippen LogP contribution in [0.5, 0.6) is 0 Å². The third kappa shape index (κ3) is 2.81. The Kier molecular flexibility index (Phi) is 4.91. The van der Waals surface area contributed by atoms with Gasteiger partial charge >= 0.3 is 0 Å². The van der Waals surface area contributed by atoms with E-state index in [1.807, 2.05) is 19.9 Å². The molecule has 0 aliphatic rings. The van der Waals surface area contributed by atoms with Crippen molar-refractivity contribution in [3.8, 4) is 0 Å². The van der Waals surface area contributed by atoms with Crippen molar-refractivity contribution in [3.05, 3.63) is 12.2 Å². The van der Waals surface area contributed by atoms with Gasteiger partial charge in [0.1, 0.15) is 6.29 Å². The van der Waals surface area contributed by atoms with Crippen molar-refractivity contribution in [3.63, 3.8) is 0 Å². The second-order valence-corrected chi connectivity index (χ2v) is 2.59. The zero-order chi connectivity index (χ0) is 7.98. The molecule has 0 spiro atoms. The molecular formula is C9H16O. The Hall–Kier alpha value is -0.590. The predicted octanol–water partition coefficient (Wildman–Crippen LogP) is 2.42. The van der Waals surface area contributed by atoms with Crippen molar-refractivity contribution in [1.82, 2.24) is 0 Å². The highest BCUT2D eigenvalue weighted by molar-refractivity contribution is 5.53. The van der Waals surface area contributed by atoms with Crippen LogP contribution in [0.2, 0.25) is 0 Å². The van der Waals surface area contributed by atoms with Gasteiger partial charge in [-0.3, -0.25) is 0 Å². The molecule has 0 fully saturated rings. The minimum Gasteiger partial charge on any atom is -0.303 e. The highest BCUT2D eigenvalue weighted by Crippen LogP contribution is 2.14. The van der Waals surface area contributed by atoms with Crippen molar-refractivity contribution < 1.29 is 4.79 Å². The van der Waals surface area contributed by atoms with Gasteiger partial charge in [-0.25, -0.2) is 0 Å². The van der Waals surface area contributed by atoms with Gasteiger partial charge in [-0.15, -0.1) is 0 Å². The average molecular weight is 140 g/mol. The largest absolute Gasteiger partial charge is 0.303 e. The van der Waals surface area contributed by atoms with Gasteiger partial charge < -0.3 is 4.79 Å². The molecule has 2 unspecified atom stereocenters. The van der Waals surface area contributed by atoms with E-state index >= 15 is 0 Å². The van der Waals surface area contributed by atoms with E-state index in [9.17, 15) is 4.79 Å². The first-order chi connectivity index (χ1) is 4.76. The number of hydrogen-bond donors (Lipinski definition) is 0. The van der Waals surface area contributed by atoms with Gasteiger partial charge in [-0.1, -0.05) is 26.0 Å². The molecule has 0 radical (unpaired) electrons. The van der Waals surface area contributed by atoms with Crippen molar-refractivity contribution in [2.45, 2.75) is 27.2 Å². The summed E-state index contributed by atoms with van der Waals surface area (Å²) in [5, 5.41) is 0. The molecule has 0 aromatic rings. The van der Waals surface area contributed by atoms with Crippen LogP contribution in [0.3, 0.4) is 0 Å². The highest BCUT2D eigenvalue weighted by Gasteiger charge is 2.09. The van der Waals surface area contributed by atoms with E-state index in [0.29, 0.717) is 5.92 Å². The fourth-order valence-electron chi connectivity index (χ4n) is 1.03. The Labute approximate surface area is 63.1 Å². The van der Waals surface area contributed by atoms with Crippen LogP contribution in [0.25, 0.3) is 0 Å². The van der Waals surface area contributed by atoms with Gasteiger partial charge in [0.05, 0.1) is 0 Å². The molecule has 0 rings (SSSR count). The van der Waals surface area contributed by atoms with Crippen LogP contribution in [-0.2, 0) is 4.79 Å². The summed E-state index contributed by atoms with van der Waals surface area (Å²) in [6.07, 6.45) is 6.17. The third-order valence-electron chi connectivity index (χ3n) is 1.80. The molecule has 10 heavy (non-hydrogen) atoms. The molecule has 1 nitrogen and oxygen atoms in total. The van der Waals surface area contributed by atoms with E-state index in [0.717, 1.165) is 12.7 Å². The van der Waals surface area contributed by atoms with E-state index in [-0.39, 0.29) is 5.92 Å². The highest BCUT2D eigenvalue weighted by atomic mass is 16.1. The number of hydrogen-bond acceptors (Lipinski definition) is 1. The first kappa shape index (κ1) is 9.41. The zero-order valence-corrected chi connectivity index (χ0v) is 7.00. The number of rotatable bonds is 4. The Morgan fingerprint density at radius 3 is 2.40 bits per heavy atom. The number of aldehydes is 1. The Morgan fingerprint density at radius 1 is 1.50 bits per heavy atom. The molecule has 0 saturated heterocycles. The molecule has 1 heteroatoms. The van der Waals surface area contributed by atoms with E-state index in [1.165, 1.54) is 0 Å². The maximum atomic E-state index is 10.3. The molecule has 0 heterocycles. The minimum atomic E-state index is 0.168. The maximum Gasteiger partial charge on any atom is 0.123 e. The smallest absolute Gasteiger partial charge is 0.123 e. The topological polar surface area (TPSA) is 17.1 Å². The van der Waals surface area contributed by atoms with Crippen LogP contribution in [0.4, 0.5) is 0 Å². The van der Waals surface area contributed by atoms with Gasteiger partial charge in [0.15, 0.2) is 0 Å². The fraction of sp³-hybridized carbons (Fsp3) is 0.667. The van der Waals surface area contributed by atoms with Crippen LogP contribution >= 0.6 is 0 Å². The molecular weight excluding hydrogens is 124 g/mol. The summed E-state index contributed by atoms with van der Waals surface area (Å²) in [5.74, 6) is 0.601. The lowest BCUT2D eigenvalue weighted by Crippen LogP contribution is -2.08. The third-order valence-corrected chi connectivity index (χ3v) is 1.80. The molecule has 0 aromatic carbocycles. The van der Waals surface area contributed by atoms with Gasteiger partial charge in [0.2, 0.25) is 0 Å². The fourth-order valence-corrected chi connectivity index (χ4v) is 1.03. The lowest BCUT2D eigenvalue weighted by Gasteiger charge is -2.11. The van der Waals surface area contributed by atoms with Crippen molar-refractivity contribution in [1.29, 1.82) is 0 Å². The Morgan fingerprint density at radius 2 is 2.10 bits per heavy atom. The molecule has 0 aromatic heterocycles. The predicted molar refractivity (Wildman–Crippen MR) is 43.8 cm³/mol. The Balaban J connectivity index is 3.91. The monoisotopic (exact) mass is 140 g/mol. The number of carbonyl (C=O) groups excluding carboxylic acids is 1. The first-order valence-electron chi connectivity index (χ1n) is 3.84. The number of allylic oxidation sites excluding steroid dienone is 2. The van der Waals surface area contributed by atoms with Crippen molar-refractivity contribution in [2.75, 3.05) is 0 Å². The average Bonchev–Trinajstić information content (AvgIpc) is 1.99. The minimum absolute atomic E-state index is 0.168. The maximum absolute atomic E-state index is 10.3. The quantitative estimate of drug-likeness (QED) is 0.433. The van der Waals surface area contributed by atoms with Crippen LogP contribution in [0.15, 0.2) is 12.2 Å². The van der Waals surface area contributed by atoms with Gasteiger partial charge in [0.25, 0.3) is 0 Å². The molecule has 2 atom stereocenters. The Bertz CT molecular complexity index is 116. The molecule has 0 aliphatic heterocycles. The van der Waals surface area contributed by atoms with E-state index in [2.05, 4.69) is 13.0 Å². The molecule has 0 bridgehead atoms. The molecule has 0 saturated carbocycles. The van der Waals surface area contributed by atoms with Gasteiger partial charge in [-0.05, 0) is 19.3 Å². The van der Waals surface area contributed by atoms with E-state index in [4.69, 9.17) is 0 Å². The summed E-state index contributed by atoms with van der Waals surface area (Å²) in [5.41, 5.74) is 0. The molecule has 58 valence electrons. The molecule has 0 N–H and O–H groups in total.